The highest BCUT2D eigenvalue weighted by atomic mass is 35.5. The molecular formula is C28H24ClFN2O4S. The summed E-state index contributed by atoms with van der Waals surface area (Å²) in [4.78, 5) is 38.2. The van der Waals surface area contributed by atoms with Gasteiger partial charge in [0.15, 0.2) is 0 Å². The Balaban J connectivity index is 1.47. The van der Waals surface area contributed by atoms with Gasteiger partial charge in [0, 0.05) is 16.3 Å². The van der Waals surface area contributed by atoms with E-state index < -0.39 is 28.9 Å². The standard InChI is InChI=1S/C28H24ClFN2O4S/c29-23-16-19(12-15-24(23)30)32-27(34)25(17-6-2-1-3-7-17)37-20-13-10-18(11-14-20)31-26(33)21-8-4-5-9-22(21)28(35)36/h1-7,10-16,21-22,25H,8-9H2,(H,31,33)(H,32,34)(H,35,36). The second kappa shape index (κ2) is 12.1. The molecule has 0 fully saturated rings. The number of aliphatic carboxylic acids is 1. The molecule has 37 heavy (non-hydrogen) atoms. The SMILES string of the molecule is O=C(Nc1ccc(F)c(Cl)c1)C(Sc1ccc(NC(=O)C2CC=CCC2C(=O)O)cc1)c1ccccc1. The van der Waals surface area contributed by atoms with Gasteiger partial charge in [-0.25, -0.2) is 4.39 Å². The lowest BCUT2D eigenvalue weighted by Crippen LogP contribution is -2.34. The van der Waals surface area contributed by atoms with Crippen LogP contribution >= 0.6 is 23.4 Å². The zero-order valence-electron chi connectivity index (χ0n) is 19.6. The molecule has 6 nitrogen and oxygen atoms in total. The molecule has 3 aromatic rings. The maximum atomic E-state index is 13.5. The number of carbonyl (C=O) groups is 3. The quantitative estimate of drug-likeness (QED) is 0.223. The van der Waals surface area contributed by atoms with Crippen LogP contribution in [0.15, 0.2) is 89.8 Å². The number of nitrogens with one attached hydrogen (secondary N) is 2. The number of hydrogen-bond donors (Lipinski definition) is 3. The molecule has 3 unspecified atom stereocenters. The van der Waals surface area contributed by atoms with Gasteiger partial charge in [0.1, 0.15) is 11.1 Å². The smallest absolute Gasteiger partial charge is 0.307 e. The third-order valence-electron chi connectivity index (χ3n) is 5.99. The Morgan fingerprint density at radius 1 is 0.892 bits per heavy atom. The molecule has 9 heteroatoms. The minimum atomic E-state index is -0.982. The largest absolute Gasteiger partial charge is 0.481 e. The molecule has 3 atom stereocenters. The van der Waals surface area contributed by atoms with E-state index in [1.807, 2.05) is 36.4 Å². The fourth-order valence-corrected chi connectivity index (χ4v) is 5.25. The van der Waals surface area contributed by atoms with Gasteiger partial charge in [-0.05, 0) is 60.9 Å². The van der Waals surface area contributed by atoms with E-state index >= 15 is 0 Å². The summed E-state index contributed by atoms with van der Waals surface area (Å²) in [5.41, 5.74) is 1.70. The van der Waals surface area contributed by atoms with Gasteiger partial charge in [-0.3, -0.25) is 14.4 Å². The molecule has 0 bridgehead atoms. The zero-order chi connectivity index (χ0) is 26.4. The molecule has 0 spiro atoms. The Bertz CT molecular complexity index is 1320. The number of halogens is 2. The van der Waals surface area contributed by atoms with Crippen molar-refractivity contribution in [3.8, 4) is 0 Å². The number of rotatable bonds is 8. The first kappa shape index (κ1) is 26.4. The third kappa shape index (κ3) is 6.78. The molecule has 3 N–H and O–H groups in total. The van der Waals surface area contributed by atoms with E-state index in [0.717, 1.165) is 10.5 Å². The van der Waals surface area contributed by atoms with Gasteiger partial charge < -0.3 is 15.7 Å². The fourth-order valence-electron chi connectivity index (χ4n) is 4.05. The molecule has 0 saturated heterocycles. The van der Waals surface area contributed by atoms with E-state index in [1.54, 1.807) is 30.3 Å². The summed E-state index contributed by atoms with van der Waals surface area (Å²) in [6.45, 7) is 0. The predicted molar refractivity (Wildman–Crippen MR) is 143 cm³/mol. The summed E-state index contributed by atoms with van der Waals surface area (Å²) in [7, 11) is 0. The summed E-state index contributed by atoms with van der Waals surface area (Å²) in [6, 6.07) is 20.2. The van der Waals surface area contributed by atoms with Crippen molar-refractivity contribution in [1.82, 2.24) is 0 Å². The Kier molecular flexibility index (Phi) is 8.63. The van der Waals surface area contributed by atoms with Crippen LogP contribution in [0.4, 0.5) is 15.8 Å². The number of benzene rings is 3. The van der Waals surface area contributed by atoms with Crippen molar-refractivity contribution in [2.24, 2.45) is 11.8 Å². The molecule has 4 rings (SSSR count). The van der Waals surface area contributed by atoms with E-state index in [-0.39, 0.29) is 16.8 Å². The molecule has 190 valence electrons. The maximum absolute atomic E-state index is 13.5. The molecule has 1 aliphatic rings. The van der Waals surface area contributed by atoms with E-state index in [4.69, 9.17) is 11.6 Å². The van der Waals surface area contributed by atoms with Crippen LogP contribution in [0.1, 0.15) is 23.7 Å². The van der Waals surface area contributed by atoms with Crippen LogP contribution in [0.25, 0.3) is 0 Å². The van der Waals surface area contributed by atoms with Gasteiger partial charge in [-0.2, -0.15) is 0 Å². The van der Waals surface area contributed by atoms with Gasteiger partial charge in [0.25, 0.3) is 0 Å². The summed E-state index contributed by atoms with van der Waals surface area (Å²) in [5, 5.41) is 14.3. The monoisotopic (exact) mass is 538 g/mol. The number of allylic oxidation sites excluding steroid dienone is 2. The van der Waals surface area contributed by atoms with Gasteiger partial charge in [-0.15, -0.1) is 11.8 Å². The average molecular weight is 539 g/mol. The number of anilines is 2. The highest BCUT2D eigenvalue weighted by Crippen LogP contribution is 2.37. The molecule has 0 saturated carbocycles. The van der Waals surface area contributed by atoms with Crippen LogP contribution < -0.4 is 10.6 Å². The Morgan fingerprint density at radius 2 is 1.54 bits per heavy atom. The number of carboxylic acid groups (broad SMARTS) is 1. The second-order valence-electron chi connectivity index (χ2n) is 8.53. The third-order valence-corrected chi connectivity index (χ3v) is 7.55. The van der Waals surface area contributed by atoms with Gasteiger partial charge in [0.2, 0.25) is 11.8 Å². The molecular weight excluding hydrogens is 515 g/mol. The van der Waals surface area contributed by atoms with Crippen LogP contribution in [0, 0.1) is 17.7 Å². The molecule has 0 heterocycles. The van der Waals surface area contributed by atoms with Crippen molar-refractivity contribution in [2.45, 2.75) is 23.0 Å². The Labute approximate surface area is 222 Å². The van der Waals surface area contributed by atoms with Crippen LogP contribution in [-0.2, 0) is 14.4 Å². The van der Waals surface area contributed by atoms with Crippen molar-refractivity contribution in [3.63, 3.8) is 0 Å². The molecule has 3 aromatic carbocycles. The number of amides is 2. The van der Waals surface area contributed by atoms with Crippen LogP contribution in [0.3, 0.4) is 0 Å². The maximum Gasteiger partial charge on any atom is 0.307 e. The highest BCUT2D eigenvalue weighted by molar-refractivity contribution is 8.00. The van der Waals surface area contributed by atoms with Crippen LogP contribution in [-0.4, -0.2) is 22.9 Å². The first-order valence-electron chi connectivity index (χ1n) is 11.6. The van der Waals surface area contributed by atoms with E-state index in [9.17, 15) is 23.9 Å². The Morgan fingerprint density at radius 3 is 2.19 bits per heavy atom. The minimum absolute atomic E-state index is 0.0849. The molecule has 2 amide bonds. The lowest BCUT2D eigenvalue weighted by Gasteiger charge is -2.24. The Hall–Kier alpha value is -3.62. The van der Waals surface area contributed by atoms with Crippen molar-refractivity contribution in [1.29, 1.82) is 0 Å². The van der Waals surface area contributed by atoms with E-state index in [0.29, 0.717) is 24.2 Å². The molecule has 1 aliphatic carbocycles. The predicted octanol–water partition coefficient (Wildman–Crippen LogP) is 6.56. The summed E-state index contributed by atoms with van der Waals surface area (Å²) < 4.78 is 13.5. The van der Waals surface area contributed by atoms with Gasteiger partial charge in [-0.1, -0.05) is 54.1 Å². The lowest BCUT2D eigenvalue weighted by molar-refractivity contribution is -0.146. The number of hydrogen-bond acceptors (Lipinski definition) is 4. The second-order valence-corrected chi connectivity index (χ2v) is 10.1. The average Bonchev–Trinajstić information content (AvgIpc) is 2.90. The van der Waals surface area contributed by atoms with Crippen molar-refractivity contribution in [2.75, 3.05) is 10.6 Å². The summed E-state index contributed by atoms with van der Waals surface area (Å²) in [6.07, 6.45) is 4.33. The number of carboxylic acids is 1. The van der Waals surface area contributed by atoms with Crippen molar-refractivity contribution < 1.29 is 23.9 Å². The van der Waals surface area contributed by atoms with Gasteiger partial charge in [0.05, 0.1) is 16.9 Å². The van der Waals surface area contributed by atoms with E-state index in [2.05, 4.69) is 10.6 Å². The first-order chi connectivity index (χ1) is 17.8. The fraction of sp³-hybridized carbons (Fsp3) is 0.179. The lowest BCUT2D eigenvalue weighted by atomic mass is 9.82. The van der Waals surface area contributed by atoms with Crippen LogP contribution in [0.2, 0.25) is 5.02 Å². The van der Waals surface area contributed by atoms with Crippen molar-refractivity contribution in [3.05, 3.63) is 101 Å². The molecule has 0 aromatic heterocycles. The number of thioether (sulfide) groups is 1. The van der Waals surface area contributed by atoms with Crippen LogP contribution in [0.5, 0.6) is 0 Å². The summed E-state index contributed by atoms with van der Waals surface area (Å²) in [5.74, 6) is -3.58. The minimum Gasteiger partial charge on any atom is -0.481 e. The topological polar surface area (TPSA) is 95.5 Å². The normalized spacial score (nSPS) is 17.6. The van der Waals surface area contributed by atoms with Gasteiger partial charge >= 0.3 is 5.97 Å². The molecule has 0 radical (unpaired) electrons. The van der Waals surface area contributed by atoms with Crippen molar-refractivity contribution >= 4 is 52.5 Å². The zero-order valence-corrected chi connectivity index (χ0v) is 21.1. The first-order valence-corrected chi connectivity index (χ1v) is 12.8. The molecule has 0 aliphatic heterocycles. The van der Waals surface area contributed by atoms with E-state index in [1.165, 1.54) is 30.0 Å². The summed E-state index contributed by atoms with van der Waals surface area (Å²) >= 11 is 7.17. The number of carbonyl (C=O) groups excluding carboxylic acids is 2. The highest BCUT2D eigenvalue weighted by Gasteiger charge is 2.34.